The Morgan fingerprint density at radius 1 is 1.32 bits per heavy atom. The zero-order valence-corrected chi connectivity index (χ0v) is 13.9. The molecule has 2 rings (SSSR count). The van der Waals surface area contributed by atoms with Crippen LogP contribution in [0.5, 0.6) is 0 Å². The minimum absolute atomic E-state index is 0.0443. The smallest absolute Gasteiger partial charge is 0.306 e. The Morgan fingerprint density at radius 2 is 2.14 bits per heavy atom. The summed E-state index contributed by atoms with van der Waals surface area (Å²) in [5.74, 6) is -1.60. The number of anilines is 1. The Labute approximate surface area is 139 Å². The number of thiophene rings is 1. The van der Waals surface area contributed by atoms with Gasteiger partial charge in [0.2, 0.25) is 0 Å². The van der Waals surface area contributed by atoms with Crippen molar-refractivity contribution in [1.82, 2.24) is 0 Å². The highest BCUT2D eigenvalue weighted by Gasteiger charge is 2.11. The van der Waals surface area contributed by atoms with Gasteiger partial charge in [0.1, 0.15) is 5.82 Å². The van der Waals surface area contributed by atoms with Gasteiger partial charge < -0.3 is 10.1 Å². The molecule has 0 spiro atoms. The average molecular weight is 386 g/mol. The topological polar surface area (TPSA) is 55.4 Å². The molecule has 0 saturated carbocycles. The maximum absolute atomic E-state index is 13.5. The quantitative estimate of drug-likeness (QED) is 0.770. The fourth-order valence-corrected chi connectivity index (χ4v) is 2.72. The second-order valence-electron chi connectivity index (χ2n) is 4.41. The monoisotopic (exact) mass is 385 g/mol. The SMILES string of the molecule is O=C(COC(=O)CCc1cccs1)Nc1ccc(Br)cc1F. The van der Waals surface area contributed by atoms with Crippen molar-refractivity contribution in [3.8, 4) is 0 Å². The van der Waals surface area contributed by atoms with Gasteiger partial charge in [-0.25, -0.2) is 4.39 Å². The molecule has 2 aromatic rings. The fraction of sp³-hybridized carbons (Fsp3) is 0.200. The predicted molar refractivity (Wildman–Crippen MR) is 86.3 cm³/mol. The van der Waals surface area contributed by atoms with Gasteiger partial charge in [-0.3, -0.25) is 9.59 Å². The second kappa shape index (κ2) is 8.05. The van der Waals surface area contributed by atoms with Gasteiger partial charge in [-0.2, -0.15) is 0 Å². The van der Waals surface area contributed by atoms with Crippen LogP contribution in [0.2, 0.25) is 0 Å². The molecular weight excluding hydrogens is 373 g/mol. The van der Waals surface area contributed by atoms with E-state index in [0.29, 0.717) is 10.9 Å². The Hall–Kier alpha value is -1.73. The van der Waals surface area contributed by atoms with Crippen LogP contribution in [0.25, 0.3) is 0 Å². The number of ether oxygens (including phenoxy) is 1. The van der Waals surface area contributed by atoms with Gasteiger partial charge in [0.25, 0.3) is 5.91 Å². The lowest BCUT2D eigenvalue weighted by atomic mass is 10.3. The number of carbonyl (C=O) groups is 2. The van der Waals surface area contributed by atoms with Crippen LogP contribution in [-0.4, -0.2) is 18.5 Å². The van der Waals surface area contributed by atoms with Crippen molar-refractivity contribution in [3.05, 3.63) is 50.9 Å². The van der Waals surface area contributed by atoms with Crippen LogP contribution in [-0.2, 0) is 20.7 Å². The number of hydrogen-bond acceptors (Lipinski definition) is 4. The van der Waals surface area contributed by atoms with E-state index in [1.54, 1.807) is 17.4 Å². The number of amides is 1. The van der Waals surface area contributed by atoms with Crippen molar-refractivity contribution in [2.45, 2.75) is 12.8 Å². The molecule has 1 aromatic carbocycles. The van der Waals surface area contributed by atoms with E-state index in [1.807, 2.05) is 17.5 Å². The molecular formula is C15H13BrFNO3S. The molecule has 0 unspecified atom stereocenters. The van der Waals surface area contributed by atoms with E-state index in [-0.39, 0.29) is 12.1 Å². The van der Waals surface area contributed by atoms with Gasteiger partial charge in [0.15, 0.2) is 6.61 Å². The maximum atomic E-state index is 13.5. The highest BCUT2D eigenvalue weighted by Crippen LogP contribution is 2.19. The van der Waals surface area contributed by atoms with E-state index in [2.05, 4.69) is 21.2 Å². The van der Waals surface area contributed by atoms with Crippen molar-refractivity contribution in [2.24, 2.45) is 0 Å². The third-order valence-electron chi connectivity index (χ3n) is 2.73. The number of benzene rings is 1. The standard InChI is InChI=1S/C15H13BrFNO3S/c16-10-3-5-13(12(17)8-10)18-14(19)9-21-15(20)6-4-11-2-1-7-22-11/h1-3,5,7-8H,4,6,9H2,(H,18,19). The fourth-order valence-electron chi connectivity index (χ4n) is 1.68. The molecule has 4 nitrogen and oxygen atoms in total. The molecule has 0 atom stereocenters. The van der Waals surface area contributed by atoms with Gasteiger partial charge in [-0.1, -0.05) is 22.0 Å². The van der Waals surface area contributed by atoms with E-state index in [0.717, 1.165) is 4.88 Å². The first kappa shape index (κ1) is 16.6. The molecule has 7 heteroatoms. The first-order valence-corrected chi connectivity index (χ1v) is 8.15. The zero-order valence-electron chi connectivity index (χ0n) is 11.5. The third kappa shape index (κ3) is 5.23. The number of nitrogens with one attached hydrogen (secondary N) is 1. The summed E-state index contributed by atoms with van der Waals surface area (Å²) in [6.45, 7) is -0.432. The minimum atomic E-state index is -0.578. The van der Waals surface area contributed by atoms with E-state index in [1.165, 1.54) is 12.1 Å². The lowest BCUT2D eigenvalue weighted by molar-refractivity contribution is -0.147. The second-order valence-corrected chi connectivity index (χ2v) is 6.36. The average Bonchev–Trinajstić information content (AvgIpc) is 2.99. The number of rotatable bonds is 6. The summed E-state index contributed by atoms with van der Waals surface area (Å²) in [6.07, 6.45) is 0.792. The first-order valence-electron chi connectivity index (χ1n) is 6.47. The Kier molecular flexibility index (Phi) is 6.09. The van der Waals surface area contributed by atoms with Crippen LogP contribution < -0.4 is 5.32 Å². The molecule has 1 aromatic heterocycles. The van der Waals surface area contributed by atoms with Crippen LogP contribution in [0.4, 0.5) is 10.1 Å². The molecule has 0 bridgehead atoms. The van der Waals surface area contributed by atoms with E-state index in [9.17, 15) is 14.0 Å². The van der Waals surface area contributed by atoms with Crippen LogP contribution in [0.3, 0.4) is 0 Å². The molecule has 1 amide bonds. The van der Waals surface area contributed by atoms with Crippen molar-refractivity contribution >= 4 is 44.8 Å². The zero-order chi connectivity index (χ0) is 15.9. The summed E-state index contributed by atoms with van der Waals surface area (Å²) >= 11 is 4.69. The lowest BCUT2D eigenvalue weighted by Gasteiger charge is -2.07. The largest absolute Gasteiger partial charge is 0.456 e. The molecule has 0 radical (unpaired) electrons. The first-order chi connectivity index (χ1) is 10.5. The molecule has 0 fully saturated rings. The molecule has 22 heavy (non-hydrogen) atoms. The Morgan fingerprint density at radius 3 is 2.82 bits per heavy atom. The number of carbonyl (C=O) groups excluding carboxylic acids is 2. The van der Waals surface area contributed by atoms with Gasteiger partial charge in [0.05, 0.1) is 12.1 Å². The van der Waals surface area contributed by atoms with Crippen LogP contribution in [0.1, 0.15) is 11.3 Å². The number of esters is 1. The molecule has 0 saturated heterocycles. The van der Waals surface area contributed by atoms with Crippen LogP contribution >= 0.6 is 27.3 Å². The van der Waals surface area contributed by atoms with Gasteiger partial charge in [-0.05, 0) is 36.1 Å². The highest BCUT2D eigenvalue weighted by molar-refractivity contribution is 9.10. The predicted octanol–water partition coefficient (Wildman–Crippen LogP) is 3.76. The molecule has 1 N–H and O–H groups in total. The van der Waals surface area contributed by atoms with E-state index in [4.69, 9.17) is 4.74 Å². The third-order valence-corrected chi connectivity index (χ3v) is 4.15. The number of aryl methyl sites for hydroxylation is 1. The number of hydrogen-bond donors (Lipinski definition) is 1. The molecule has 0 aliphatic rings. The summed E-state index contributed by atoms with van der Waals surface area (Å²) in [7, 11) is 0. The minimum Gasteiger partial charge on any atom is -0.456 e. The molecule has 116 valence electrons. The van der Waals surface area contributed by atoms with Crippen molar-refractivity contribution in [1.29, 1.82) is 0 Å². The Balaban J connectivity index is 1.74. The highest BCUT2D eigenvalue weighted by atomic mass is 79.9. The summed E-state index contributed by atoms with van der Waals surface area (Å²) in [4.78, 5) is 24.2. The van der Waals surface area contributed by atoms with Crippen molar-refractivity contribution in [2.75, 3.05) is 11.9 Å². The molecule has 1 heterocycles. The van der Waals surface area contributed by atoms with Gasteiger partial charge >= 0.3 is 5.97 Å². The van der Waals surface area contributed by atoms with Crippen LogP contribution in [0.15, 0.2) is 40.2 Å². The van der Waals surface area contributed by atoms with Gasteiger partial charge in [0, 0.05) is 9.35 Å². The summed E-state index contributed by atoms with van der Waals surface area (Å²) in [6, 6.07) is 8.11. The summed E-state index contributed by atoms with van der Waals surface area (Å²) in [5, 5.41) is 4.28. The maximum Gasteiger partial charge on any atom is 0.306 e. The Bertz CT molecular complexity index is 661. The van der Waals surface area contributed by atoms with Crippen molar-refractivity contribution < 1.29 is 18.7 Å². The molecule has 0 aliphatic carbocycles. The number of halogens is 2. The van der Waals surface area contributed by atoms with E-state index < -0.39 is 24.3 Å². The van der Waals surface area contributed by atoms with Gasteiger partial charge in [-0.15, -0.1) is 11.3 Å². The lowest BCUT2D eigenvalue weighted by Crippen LogP contribution is -2.21. The van der Waals surface area contributed by atoms with E-state index >= 15 is 0 Å². The normalized spacial score (nSPS) is 10.3. The summed E-state index contributed by atoms with van der Waals surface area (Å²) in [5.41, 5.74) is 0.0443. The molecule has 0 aliphatic heterocycles. The van der Waals surface area contributed by atoms with Crippen LogP contribution in [0, 0.1) is 5.82 Å². The summed E-state index contributed by atoms with van der Waals surface area (Å²) < 4.78 is 19.0. The van der Waals surface area contributed by atoms with Crippen molar-refractivity contribution in [3.63, 3.8) is 0 Å².